The molecular weight excluding hydrogens is 306 g/mol. The van der Waals surface area contributed by atoms with Gasteiger partial charge in [0.2, 0.25) is 11.8 Å². The molecule has 1 aliphatic rings. The highest BCUT2D eigenvalue weighted by Gasteiger charge is 2.34. The molecule has 0 saturated carbocycles. The minimum Gasteiger partial charge on any atom is -0.467 e. The van der Waals surface area contributed by atoms with E-state index in [1.54, 1.807) is 12.1 Å². The van der Waals surface area contributed by atoms with Crippen molar-refractivity contribution in [3.63, 3.8) is 0 Å². The number of nitrogens with zero attached hydrogens (tertiary/aromatic N) is 1. The number of anilines is 1. The van der Waals surface area contributed by atoms with E-state index in [9.17, 15) is 18.4 Å². The van der Waals surface area contributed by atoms with Crippen LogP contribution in [0.3, 0.4) is 0 Å². The molecule has 2 aromatic rings. The van der Waals surface area contributed by atoms with E-state index in [0.29, 0.717) is 18.4 Å². The highest BCUT2D eigenvalue weighted by Crippen LogP contribution is 2.23. The maximum Gasteiger partial charge on any atom is 0.229 e. The van der Waals surface area contributed by atoms with Crippen molar-refractivity contribution in [3.8, 4) is 0 Å². The van der Waals surface area contributed by atoms with Crippen LogP contribution in [0.4, 0.5) is 14.5 Å². The molecule has 1 fully saturated rings. The van der Waals surface area contributed by atoms with Crippen LogP contribution in [-0.2, 0) is 16.1 Å². The summed E-state index contributed by atoms with van der Waals surface area (Å²) in [5.41, 5.74) is -0.103. The summed E-state index contributed by atoms with van der Waals surface area (Å²) in [6.07, 6.45) is 1.56. The van der Waals surface area contributed by atoms with E-state index < -0.39 is 23.5 Å². The van der Waals surface area contributed by atoms with Crippen molar-refractivity contribution in [2.24, 2.45) is 5.92 Å². The van der Waals surface area contributed by atoms with Gasteiger partial charge in [0.1, 0.15) is 17.4 Å². The first-order chi connectivity index (χ1) is 11.0. The molecule has 3 rings (SSSR count). The lowest BCUT2D eigenvalue weighted by atomic mass is 10.1. The summed E-state index contributed by atoms with van der Waals surface area (Å²) in [6.45, 7) is 0.523. The Morgan fingerprint density at radius 3 is 2.87 bits per heavy atom. The molecule has 1 N–H and O–H groups in total. The number of nitrogens with one attached hydrogen (secondary N) is 1. The number of rotatable bonds is 4. The van der Waals surface area contributed by atoms with E-state index in [1.807, 2.05) is 0 Å². The lowest BCUT2D eigenvalue weighted by Gasteiger charge is -2.15. The second kappa shape index (κ2) is 6.20. The minimum atomic E-state index is -0.852. The van der Waals surface area contributed by atoms with Crippen LogP contribution in [0, 0.1) is 17.6 Å². The highest BCUT2D eigenvalue weighted by molar-refractivity contribution is 5.97. The Labute approximate surface area is 130 Å². The fourth-order valence-electron chi connectivity index (χ4n) is 2.52. The third-order valence-electron chi connectivity index (χ3n) is 3.70. The molecule has 2 heterocycles. The van der Waals surface area contributed by atoms with Crippen molar-refractivity contribution in [2.75, 3.05) is 11.9 Å². The zero-order chi connectivity index (χ0) is 16.4. The molecule has 0 spiro atoms. The molecule has 1 atom stereocenters. The number of amides is 2. The zero-order valence-electron chi connectivity index (χ0n) is 12.1. The molecular formula is C16H14F2N2O3. The number of hydrogen-bond acceptors (Lipinski definition) is 3. The first-order valence-corrected chi connectivity index (χ1v) is 7.09. The topological polar surface area (TPSA) is 62.6 Å². The van der Waals surface area contributed by atoms with Gasteiger partial charge in [-0.15, -0.1) is 0 Å². The SMILES string of the molecule is O=C(Nc1ccc(F)cc1F)C1CC(=O)N(Cc2ccco2)C1. The third kappa shape index (κ3) is 3.39. The van der Waals surface area contributed by atoms with Gasteiger partial charge in [-0.2, -0.15) is 0 Å². The average molecular weight is 320 g/mol. The Bertz CT molecular complexity index is 731. The van der Waals surface area contributed by atoms with Crippen molar-refractivity contribution in [1.82, 2.24) is 4.90 Å². The number of carbonyl (C=O) groups is 2. The van der Waals surface area contributed by atoms with E-state index in [-0.39, 0.29) is 24.6 Å². The molecule has 1 aliphatic heterocycles. The fourth-order valence-corrected chi connectivity index (χ4v) is 2.52. The maximum absolute atomic E-state index is 13.6. The number of carbonyl (C=O) groups excluding carboxylic acids is 2. The maximum atomic E-state index is 13.6. The number of benzene rings is 1. The van der Waals surface area contributed by atoms with Crippen LogP contribution < -0.4 is 5.32 Å². The standard InChI is InChI=1S/C16H14F2N2O3/c17-11-3-4-14(13(18)7-11)19-16(22)10-6-15(21)20(8-10)9-12-2-1-5-23-12/h1-5,7,10H,6,8-9H2,(H,19,22). The van der Waals surface area contributed by atoms with Gasteiger partial charge in [0.05, 0.1) is 24.4 Å². The Kier molecular flexibility index (Phi) is 4.10. The van der Waals surface area contributed by atoms with Crippen molar-refractivity contribution in [3.05, 3.63) is 54.0 Å². The van der Waals surface area contributed by atoms with Gasteiger partial charge in [0.15, 0.2) is 0 Å². The number of hydrogen-bond donors (Lipinski definition) is 1. The average Bonchev–Trinajstić information content (AvgIpc) is 3.13. The van der Waals surface area contributed by atoms with E-state index in [0.717, 1.165) is 12.1 Å². The second-order valence-electron chi connectivity index (χ2n) is 5.37. The quantitative estimate of drug-likeness (QED) is 0.941. The minimum absolute atomic E-state index is 0.0509. The van der Waals surface area contributed by atoms with Crippen molar-refractivity contribution in [2.45, 2.75) is 13.0 Å². The number of furan rings is 1. The molecule has 0 bridgehead atoms. The summed E-state index contributed by atoms with van der Waals surface area (Å²) < 4.78 is 31.6. The van der Waals surface area contributed by atoms with Crippen molar-refractivity contribution < 1.29 is 22.8 Å². The van der Waals surface area contributed by atoms with Gasteiger partial charge < -0.3 is 14.6 Å². The molecule has 1 aromatic heterocycles. The summed E-state index contributed by atoms with van der Waals surface area (Å²) in [5.74, 6) is -2.16. The van der Waals surface area contributed by atoms with Crippen LogP contribution in [0.2, 0.25) is 0 Å². The smallest absolute Gasteiger partial charge is 0.229 e. The van der Waals surface area contributed by atoms with Gasteiger partial charge in [-0.3, -0.25) is 9.59 Å². The van der Waals surface area contributed by atoms with Crippen molar-refractivity contribution in [1.29, 1.82) is 0 Å². The first kappa shape index (κ1) is 15.2. The highest BCUT2D eigenvalue weighted by atomic mass is 19.1. The molecule has 120 valence electrons. The van der Waals surface area contributed by atoms with E-state index in [1.165, 1.54) is 11.2 Å². The predicted octanol–water partition coefficient (Wildman–Crippen LogP) is 2.55. The summed E-state index contributed by atoms with van der Waals surface area (Å²) in [7, 11) is 0. The van der Waals surface area contributed by atoms with E-state index >= 15 is 0 Å². The first-order valence-electron chi connectivity index (χ1n) is 7.09. The van der Waals surface area contributed by atoms with Gasteiger partial charge in [-0.25, -0.2) is 8.78 Å². The summed E-state index contributed by atoms with van der Waals surface area (Å²) in [4.78, 5) is 25.6. The van der Waals surface area contributed by atoms with Crippen LogP contribution in [0.15, 0.2) is 41.0 Å². The largest absolute Gasteiger partial charge is 0.467 e. The fraction of sp³-hybridized carbons (Fsp3) is 0.250. The van der Waals surface area contributed by atoms with Gasteiger partial charge in [-0.1, -0.05) is 0 Å². The second-order valence-corrected chi connectivity index (χ2v) is 5.37. The lowest BCUT2D eigenvalue weighted by Crippen LogP contribution is -2.28. The summed E-state index contributed by atoms with van der Waals surface area (Å²) in [6, 6.07) is 6.37. The Hall–Kier alpha value is -2.70. The Balaban J connectivity index is 1.63. The van der Waals surface area contributed by atoms with Gasteiger partial charge in [-0.05, 0) is 24.3 Å². The van der Waals surface area contributed by atoms with E-state index in [2.05, 4.69) is 5.32 Å². The van der Waals surface area contributed by atoms with Crippen LogP contribution in [-0.4, -0.2) is 23.3 Å². The number of likely N-dealkylation sites (tertiary alicyclic amines) is 1. The van der Waals surface area contributed by atoms with Gasteiger partial charge in [0.25, 0.3) is 0 Å². The molecule has 1 aromatic carbocycles. The molecule has 1 saturated heterocycles. The predicted molar refractivity (Wildman–Crippen MR) is 77.2 cm³/mol. The van der Waals surface area contributed by atoms with E-state index in [4.69, 9.17) is 4.42 Å². The number of halogens is 2. The van der Waals surface area contributed by atoms with Gasteiger partial charge in [0, 0.05) is 19.0 Å². The molecule has 5 nitrogen and oxygen atoms in total. The Morgan fingerprint density at radius 1 is 1.35 bits per heavy atom. The van der Waals surface area contributed by atoms with Crippen molar-refractivity contribution >= 4 is 17.5 Å². The molecule has 2 amide bonds. The molecule has 0 radical (unpaired) electrons. The normalized spacial score (nSPS) is 17.6. The third-order valence-corrected chi connectivity index (χ3v) is 3.70. The van der Waals surface area contributed by atoms with Crippen LogP contribution >= 0.6 is 0 Å². The molecule has 1 unspecified atom stereocenters. The lowest BCUT2D eigenvalue weighted by molar-refractivity contribution is -0.128. The monoisotopic (exact) mass is 320 g/mol. The zero-order valence-corrected chi connectivity index (χ0v) is 12.1. The molecule has 23 heavy (non-hydrogen) atoms. The summed E-state index contributed by atoms with van der Waals surface area (Å²) >= 11 is 0. The van der Waals surface area contributed by atoms with Crippen LogP contribution in [0.25, 0.3) is 0 Å². The van der Waals surface area contributed by atoms with Crippen LogP contribution in [0.1, 0.15) is 12.2 Å². The molecule has 0 aliphatic carbocycles. The Morgan fingerprint density at radius 2 is 2.17 bits per heavy atom. The molecule has 7 heteroatoms. The van der Waals surface area contributed by atoms with Crippen LogP contribution in [0.5, 0.6) is 0 Å². The summed E-state index contributed by atoms with van der Waals surface area (Å²) in [5, 5.41) is 2.40. The van der Waals surface area contributed by atoms with Gasteiger partial charge >= 0.3 is 0 Å².